The number of ether oxygens (including phenoxy) is 1. The van der Waals surface area contributed by atoms with Crippen molar-refractivity contribution in [3.05, 3.63) is 29.8 Å². The Labute approximate surface area is 143 Å². The maximum Gasteiger partial charge on any atom is 0.191 e. The molecular formula is C17H28N4OS. The van der Waals surface area contributed by atoms with Gasteiger partial charge < -0.3 is 15.4 Å². The smallest absolute Gasteiger partial charge is 0.191 e. The number of rotatable bonds is 7. The van der Waals surface area contributed by atoms with Crippen LogP contribution in [0.5, 0.6) is 0 Å². The minimum absolute atomic E-state index is 0.850. The largest absolute Gasteiger partial charge is 0.379 e. The van der Waals surface area contributed by atoms with Crippen LogP contribution >= 0.6 is 11.8 Å². The number of morpholine rings is 1. The normalized spacial score (nSPS) is 16.3. The van der Waals surface area contributed by atoms with E-state index >= 15 is 0 Å². The molecule has 1 aromatic carbocycles. The van der Waals surface area contributed by atoms with Crippen LogP contribution in [0.2, 0.25) is 0 Å². The standard InChI is InChI=1S/C17H28N4OS/c1-15-3-5-16(6-4-15)23-14-8-20-17(18-2)19-7-9-21-10-12-22-13-11-21/h3-6H,7-14H2,1-2H3,(H2,18,19,20). The van der Waals surface area contributed by atoms with Crippen LogP contribution in [0.1, 0.15) is 5.56 Å². The molecule has 2 N–H and O–H groups in total. The van der Waals surface area contributed by atoms with Gasteiger partial charge in [0.25, 0.3) is 0 Å². The van der Waals surface area contributed by atoms with Crippen molar-refractivity contribution in [1.82, 2.24) is 15.5 Å². The zero-order chi connectivity index (χ0) is 16.3. The fourth-order valence-corrected chi connectivity index (χ4v) is 3.12. The predicted octanol–water partition coefficient (Wildman–Crippen LogP) is 1.58. The molecular weight excluding hydrogens is 308 g/mol. The van der Waals surface area contributed by atoms with Gasteiger partial charge in [0.05, 0.1) is 13.2 Å². The average molecular weight is 337 g/mol. The fraction of sp³-hybridized carbons (Fsp3) is 0.588. The number of thioether (sulfide) groups is 1. The number of hydrogen-bond acceptors (Lipinski definition) is 4. The van der Waals surface area contributed by atoms with Crippen molar-refractivity contribution in [3.63, 3.8) is 0 Å². The van der Waals surface area contributed by atoms with Gasteiger partial charge in [-0.2, -0.15) is 0 Å². The number of aliphatic imine (C=N–C) groups is 1. The summed E-state index contributed by atoms with van der Waals surface area (Å²) in [6.07, 6.45) is 0. The highest BCUT2D eigenvalue weighted by molar-refractivity contribution is 7.99. The lowest BCUT2D eigenvalue weighted by atomic mass is 10.2. The lowest BCUT2D eigenvalue weighted by Crippen LogP contribution is -2.44. The van der Waals surface area contributed by atoms with Gasteiger partial charge in [0.15, 0.2) is 5.96 Å². The molecule has 2 rings (SSSR count). The summed E-state index contributed by atoms with van der Waals surface area (Å²) in [5, 5.41) is 6.73. The van der Waals surface area contributed by atoms with E-state index in [0.717, 1.165) is 57.6 Å². The maximum absolute atomic E-state index is 5.36. The second-order valence-corrected chi connectivity index (χ2v) is 6.71. The van der Waals surface area contributed by atoms with Crippen molar-refractivity contribution in [2.75, 3.05) is 58.7 Å². The molecule has 0 unspecified atom stereocenters. The van der Waals surface area contributed by atoms with Gasteiger partial charge in [-0.25, -0.2) is 0 Å². The van der Waals surface area contributed by atoms with Crippen LogP contribution in [0.4, 0.5) is 0 Å². The van der Waals surface area contributed by atoms with Crippen molar-refractivity contribution >= 4 is 17.7 Å². The topological polar surface area (TPSA) is 48.9 Å². The molecule has 1 aromatic rings. The summed E-state index contributed by atoms with van der Waals surface area (Å²) in [5.41, 5.74) is 1.30. The first-order chi connectivity index (χ1) is 11.3. The first-order valence-corrected chi connectivity index (χ1v) is 9.20. The molecule has 1 fully saturated rings. The number of benzene rings is 1. The molecule has 0 atom stereocenters. The molecule has 0 aliphatic carbocycles. The monoisotopic (exact) mass is 336 g/mol. The Bertz CT molecular complexity index is 472. The van der Waals surface area contributed by atoms with Gasteiger partial charge in [0, 0.05) is 50.4 Å². The second-order valence-electron chi connectivity index (χ2n) is 5.54. The van der Waals surface area contributed by atoms with Gasteiger partial charge in [0.1, 0.15) is 0 Å². The molecule has 23 heavy (non-hydrogen) atoms. The van der Waals surface area contributed by atoms with Gasteiger partial charge in [-0.3, -0.25) is 9.89 Å². The van der Waals surface area contributed by atoms with Crippen molar-refractivity contribution in [2.24, 2.45) is 4.99 Å². The quantitative estimate of drug-likeness (QED) is 0.343. The van der Waals surface area contributed by atoms with E-state index in [9.17, 15) is 0 Å². The van der Waals surface area contributed by atoms with E-state index in [1.165, 1.54) is 10.5 Å². The molecule has 1 aliphatic rings. The first kappa shape index (κ1) is 18.1. The Kier molecular flexibility index (Phi) is 8.28. The third-order valence-electron chi connectivity index (χ3n) is 3.73. The summed E-state index contributed by atoms with van der Waals surface area (Å²) in [7, 11) is 1.82. The maximum atomic E-state index is 5.36. The molecule has 0 bridgehead atoms. The van der Waals surface area contributed by atoms with Crippen molar-refractivity contribution in [1.29, 1.82) is 0 Å². The molecule has 0 saturated carbocycles. The molecule has 0 spiro atoms. The summed E-state index contributed by atoms with van der Waals surface area (Å²) >= 11 is 1.86. The van der Waals surface area contributed by atoms with Gasteiger partial charge in [-0.05, 0) is 19.1 Å². The average Bonchev–Trinajstić information content (AvgIpc) is 2.59. The number of hydrogen-bond donors (Lipinski definition) is 2. The van der Waals surface area contributed by atoms with E-state index < -0.39 is 0 Å². The van der Waals surface area contributed by atoms with Crippen LogP contribution in [0.3, 0.4) is 0 Å². The zero-order valence-electron chi connectivity index (χ0n) is 14.2. The third kappa shape index (κ3) is 7.24. The summed E-state index contributed by atoms with van der Waals surface area (Å²) < 4.78 is 5.36. The second kappa shape index (κ2) is 10.5. The zero-order valence-corrected chi connectivity index (χ0v) is 15.0. The van der Waals surface area contributed by atoms with E-state index in [2.05, 4.69) is 51.7 Å². The van der Waals surface area contributed by atoms with Crippen LogP contribution in [-0.2, 0) is 4.74 Å². The van der Waals surface area contributed by atoms with Crippen LogP contribution < -0.4 is 10.6 Å². The highest BCUT2D eigenvalue weighted by Gasteiger charge is 2.09. The molecule has 5 nitrogen and oxygen atoms in total. The van der Waals surface area contributed by atoms with Crippen molar-refractivity contribution in [2.45, 2.75) is 11.8 Å². The Hall–Kier alpha value is -1.24. The van der Waals surface area contributed by atoms with Gasteiger partial charge in [-0.1, -0.05) is 17.7 Å². The van der Waals surface area contributed by atoms with Crippen LogP contribution in [-0.4, -0.2) is 69.6 Å². The Morgan fingerprint density at radius 1 is 1.17 bits per heavy atom. The van der Waals surface area contributed by atoms with Crippen molar-refractivity contribution in [3.8, 4) is 0 Å². The van der Waals surface area contributed by atoms with E-state index in [1.807, 2.05) is 18.8 Å². The highest BCUT2D eigenvalue weighted by Crippen LogP contribution is 2.17. The number of nitrogens with zero attached hydrogens (tertiary/aromatic N) is 2. The highest BCUT2D eigenvalue weighted by atomic mass is 32.2. The minimum Gasteiger partial charge on any atom is -0.379 e. The summed E-state index contributed by atoms with van der Waals surface area (Å²) in [4.78, 5) is 8.00. The molecule has 128 valence electrons. The lowest BCUT2D eigenvalue weighted by Gasteiger charge is -2.26. The minimum atomic E-state index is 0.850. The van der Waals surface area contributed by atoms with Gasteiger partial charge in [-0.15, -0.1) is 11.8 Å². The lowest BCUT2D eigenvalue weighted by molar-refractivity contribution is 0.0389. The third-order valence-corrected chi connectivity index (χ3v) is 4.75. The molecule has 1 saturated heterocycles. The summed E-state index contributed by atoms with van der Waals surface area (Å²) in [5.74, 6) is 1.90. The molecule has 0 radical (unpaired) electrons. The SMILES string of the molecule is CN=C(NCCSc1ccc(C)cc1)NCCN1CCOCC1. The predicted molar refractivity (Wildman–Crippen MR) is 98.5 cm³/mol. The Morgan fingerprint density at radius 3 is 2.57 bits per heavy atom. The number of aryl methyl sites for hydroxylation is 1. The number of guanidine groups is 1. The van der Waals surface area contributed by atoms with E-state index in [-0.39, 0.29) is 0 Å². The van der Waals surface area contributed by atoms with Gasteiger partial charge >= 0.3 is 0 Å². The summed E-state index contributed by atoms with van der Waals surface area (Å²) in [6, 6.07) is 8.66. The Morgan fingerprint density at radius 2 is 1.87 bits per heavy atom. The molecule has 6 heteroatoms. The van der Waals surface area contributed by atoms with E-state index in [0.29, 0.717) is 0 Å². The molecule has 0 amide bonds. The van der Waals surface area contributed by atoms with Crippen LogP contribution in [0.15, 0.2) is 34.2 Å². The van der Waals surface area contributed by atoms with Crippen molar-refractivity contribution < 1.29 is 4.74 Å². The molecule has 0 aromatic heterocycles. The van der Waals surface area contributed by atoms with Crippen LogP contribution in [0.25, 0.3) is 0 Å². The fourth-order valence-electron chi connectivity index (χ4n) is 2.35. The Balaban J connectivity index is 1.56. The van der Waals surface area contributed by atoms with E-state index in [4.69, 9.17) is 4.74 Å². The van der Waals surface area contributed by atoms with Gasteiger partial charge in [0.2, 0.25) is 0 Å². The molecule has 1 heterocycles. The van der Waals surface area contributed by atoms with Crippen LogP contribution in [0, 0.1) is 6.92 Å². The first-order valence-electron chi connectivity index (χ1n) is 8.22. The van der Waals surface area contributed by atoms with E-state index in [1.54, 1.807) is 0 Å². The number of nitrogens with one attached hydrogen (secondary N) is 2. The summed E-state index contributed by atoms with van der Waals surface area (Å²) in [6.45, 7) is 8.71. The molecule has 1 aliphatic heterocycles.